The molecule has 1 fully saturated rings. The number of nitrogens with zero attached hydrogens (tertiary/aromatic N) is 1. The molecule has 13 heavy (non-hydrogen) atoms. The van der Waals surface area contributed by atoms with Crippen LogP contribution in [0.5, 0.6) is 0 Å². The van der Waals surface area contributed by atoms with Crippen LogP contribution in [0.15, 0.2) is 10.7 Å². The van der Waals surface area contributed by atoms with Crippen LogP contribution in [0.3, 0.4) is 0 Å². The fraction of sp³-hybridized carbons (Fsp3) is 0.556. The van der Waals surface area contributed by atoms with E-state index in [0.29, 0.717) is 11.5 Å². The van der Waals surface area contributed by atoms with Crippen molar-refractivity contribution in [2.45, 2.75) is 19.3 Å². The highest BCUT2D eigenvalue weighted by Crippen LogP contribution is 2.34. The van der Waals surface area contributed by atoms with Gasteiger partial charge in [0, 0.05) is 11.7 Å². The number of hydrogen-bond acceptors (Lipinski definition) is 4. The minimum atomic E-state index is 0.0492. The maximum absolute atomic E-state index is 11.2. The van der Waals surface area contributed by atoms with Gasteiger partial charge in [-0.05, 0) is 19.1 Å². The van der Waals surface area contributed by atoms with Crippen LogP contribution >= 0.6 is 11.8 Å². The lowest BCUT2D eigenvalue weighted by Gasteiger charge is -2.03. The Morgan fingerprint density at radius 1 is 1.77 bits per heavy atom. The minimum Gasteiger partial charge on any atom is -0.360 e. The quantitative estimate of drug-likeness (QED) is 0.681. The van der Waals surface area contributed by atoms with E-state index in [9.17, 15) is 4.79 Å². The third-order valence-electron chi connectivity index (χ3n) is 2.28. The topological polar surface area (TPSA) is 43.1 Å². The number of Topliss-reactive ketones (excluding diaryl/α,β-unsaturated/α-hetero) is 1. The Kier molecular flexibility index (Phi) is 2.40. The second-order valence-electron chi connectivity index (χ2n) is 3.22. The average Bonchev–Trinajstić information content (AvgIpc) is 2.74. The molecule has 2 heterocycles. The molecule has 0 N–H and O–H groups in total. The van der Waals surface area contributed by atoms with E-state index in [1.165, 1.54) is 6.20 Å². The maximum atomic E-state index is 11.2. The van der Waals surface area contributed by atoms with Crippen molar-refractivity contribution in [3.8, 4) is 0 Å². The van der Waals surface area contributed by atoms with E-state index in [2.05, 4.69) is 5.16 Å². The molecule has 1 aromatic heterocycles. The molecule has 1 saturated heterocycles. The molecule has 1 aromatic rings. The summed E-state index contributed by atoms with van der Waals surface area (Å²) >= 11 is 1.90. The summed E-state index contributed by atoms with van der Waals surface area (Å²) in [4.78, 5) is 11.2. The molecule has 0 aromatic carbocycles. The first-order valence-corrected chi connectivity index (χ1v) is 5.47. The number of carbonyl (C=O) groups is 1. The standard InChI is InChI=1S/C9H11NO2S/c1-6(11)8-4-10-12-9(8)7-2-3-13-5-7/h4,7H,2-3,5H2,1H3. The van der Waals surface area contributed by atoms with Gasteiger partial charge in [-0.3, -0.25) is 4.79 Å². The number of carbonyl (C=O) groups excluding carboxylic acids is 1. The fourth-order valence-corrected chi connectivity index (χ4v) is 2.77. The van der Waals surface area contributed by atoms with Crippen LogP contribution in [-0.2, 0) is 0 Å². The zero-order valence-corrected chi connectivity index (χ0v) is 8.26. The van der Waals surface area contributed by atoms with Crippen molar-refractivity contribution in [2.75, 3.05) is 11.5 Å². The molecule has 1 aliphatic rings. The van der Waals surface area contributed by atoms with E-state index in [4.69, 9.17) is 4.52 Å². The molecule has 1 unspecified atom stereocenters. The highest BCUT2D eigenvalue weighted by atomic mass is 32.2. The van der Waals surface area contributed by atoms with Crippen LogP contribution in [0.2, 0.25) is 0 Å². The van der Waals surface area contributed by atoms with E-state index in [0.717, 1.165) is 23.7 Å². The summed E-state index contributed by atoms with van der Waals surface area (Å²) < 4.78 is 5.13. The monoisotopic (exact) mass is 197 g/mol. The van der Waals surface area contributed by atoms with Crippen LogP contribution in [-0.4, -0.2) is 22.4 Å². The lowest BCUT2D eigenvalue weighted by molar-refractivity contribution is 0.101. The first kappa shape index (κ1) is 8.81. The molecule has 2 rings (SSSR count). The second-order valence-corrected chi connectivity index (χ2v) is 4.37. The predicted octanol–water partition coefficient (Wildman–Crippen LogP) is 2.10. The first-order valence-electron chi connectivity index (χ1n) is 4.32. The fourth-order valence-electron chi connectivity index (χ4n) is 1.55. The van der Waals surface area contributed by atoms with Gasteiger partial charge in [-0.15, -0.1) is 0 Å². The van der Waals surface area contributed by atoms with E-state index in [-0.39, 0.29) is 5.78 Å². The molecule has 0 saturated carbocycles. The van der Waals surface area contributed by atoms with Gasteiger partial charge >= 0.3 is 0 Å². The largest absolute Gasteiger partial charge is 0.360 e. The average molecular weight is 197 g/mol. The first-order chi connectivity index (χ1) is 6.29. The molecule has 0 radical (unpaired) electrons. The van der Waals surface area contributed by atoms with Gasteiger partial charge in [0.1, 0.15) is 0 Å². The Labute approximate surface area is 80.9 Å². The summed E-state index contributed by atoms with van der Waals surface area (Å²) in [6.07, 6.45) is 2.63. The van der Waals surface area contributed by atoms with Gasteiger partial charge in [0.2, 0.25) is 0 Å². The highest BCUT2D eigenvalue weighted by Gasteiger charge is 2.25. The summed E-state index contributed by atoms with van der Waals surface area (Å²) in [5.41, 5.74) is 0.660. The van der Waals surface area contributed by atoms with Crippen molar-refractivity contribution in [1.29, 1.82) is 0 Å². The Hall–Kier alpha value is -0.770. The van der Waals surface area contributed by atoms with E-state index < -0.39 is 0 Å². The van der Waals surface area contributed by atoms with Crippen LogP contribution in [0.25, 0.3) is 0 Å². The number of hydrogen-bond donors (Lipinski definition) is 0. The molecule has 0 bridgehead atoms. The third kappa shape index (κ3) is 1.63. The smallest absolute Gasteiger partial charge is 0.164 e. The predicted molar refractivity (Wildman–Crippen MR) is 51.2 cm³/mol. The van der Waals surface area contributed by atoms with Crippen molar-refractivity contribution >= 4 is 17.5 Å². The van der Waals surface area contributed by atoms with Crippen molar-refractivity contribution in [2.24, 2.45) is 0 Å². The van der Waals surface area contributed by atoms with Crippen LogP contribution in [0, 0.1) is 0 Å². The Bertz CT molecular complexity index is 315. The Morgan fingerprint density at radius 3 is 3.23 bits per heavy atom. The molecule has 4 heteroatoms. The molecule has 70 valence electrons. The zero-order valence-electron chi connectivity index (χ0n) is 7.45. The number of thioether (sulfide) groups is 1. The summed E-state index contributed by atoms with van der Waals surface area (Å²) in [6, 6.07) is 0. The van der Waals surface area contributed by atoms with Gasteiger partial charge in [0.25, 0.3) is 0 Å². The number of ketones is 1. The van der Waals surface area contributed by atoms with Crippen molar-refractivity contribution in [3.63, 3.8) is 0 Å². The van der Waals surface area contributed by atoms with Gasteiger partial charge in [-0.25, -0.2) is 0 Å². The summed E-state index contributed by atoms with van der Waals surface area (Å²) in [7, 11) is 0. The van der Waals surface area contributed by atoms with E-state index >= 15 is 0 Å². The van der Waals surface area contributed by atoms with Gasteiger partial charge < -0.3 is 4.52 Å². The van der Waals surface area contributed by atoms with Gasteiger partial charge in [0.05, 0.1) is 11.8 Å². The normalized spacial score (nSPS) is 22.1. The van der Waals surface area contributed by atoms with Crippen LogP contribution in [0.1, 0.15) is 35.4 Å². The zero-order chi connectivity index (χ0) is 9.26. The maximum Gasteiger partial charge on any atom is 0.164 e. The third-order valence-corrected chi connectivity index (χ3v) is 3.44. The van der Waals surface area contributed by atoms with Crippen molar-refractivity contribution in [3.05, 3.63) is 17.5 Å². The Balaban J connectivity index is 2.28. The highest BCUT2D eigenvalue weighted by molar-refractivity contribution is 7.99. The van der Waals surface area contributed by atoms with Gasteiger partial charge in [0.15, 0.2) is 11.5 Å². The minimum absolute atomic E-state index is 0.0492. The van der Waals surface area contributed by atoms with Crippen LogP contribution in [0.4, 0.5) is 0 Å². The van der Waals surface area contributed by atoms with Crippen molar-refractivity contribution in [1.82, 2.24) is 5.16 Å². The molecule has 1 aliphatic heterocycles. The molecule has 0 amide bonds. The SMILES string of the molecule is CC(=O)c1cnoc1C1CCSC1. The molecule has 3 nitrogen and oxygen atoms in total. The van der Waals surface area contributed by atoms with Gasteiger partial charge in [-0.2, -0.15) is 11.8 Å². The lowest BCUT2D eigenvalue weighted by Crippen LogP contribution is -2.01. The Morgan fingerprint density at radius 2 is 2.62 bits per heavy atom. The summed E-state index contributed by atoms with van der Waals surface area (Å²) in [5.74, 6) is 3.44. The summed E-state index contributed by atoms with van der Waals surface area (Å²) in [6.45, 7) is 1.55. The van der Waals surface area contributed by atoms with E-state index in [1.54, 1.807) is 6.92 Å². The van der Waals surface area contributed by atoms with E-state index in [1.807, 2.05) is 11.8 Å². The number of rotatable bonds is 2. The van der Waals surface area contributed by atoms with Crippen molar-refractivity contribution < 1.29 is 9.32 Å². The molecule has 0 spiro atoms. The number of aromatic nitrogens is 1. The lowest BCUT2D eigenvalue weighted by atomic mass is 10.0. The molecule has 1 atom stereocenters. The molecule has 0 aliphatic carbocycles. The summed E-state index contributed by atoms with van der Waals surface area (Å²) in [5, 5.41) is 3.68. The second kappa shape index (κ2) is 3.54. The van der Waals surface area contributed by atoms with Crippen LogP contribution < -0.4 is 0 Å². The molecular formula is C9H11NO2S. The molecular weight excluding hydrogens is 186 g/mol. The van der Waals surface area contributed by atoms with Gasteiger partial charge in [-0.1, -0.05) is 5.16 Å².